The zero-order chi connectivity index (χ0) is 15.5. The van der Waals surface area contributed by atoms with Crippen molar-refractivity contribution < 1.29 is 23.1 Å². The van der Waals surface area contributed by atoms with Gasteiger partial charge in [-0.25, -0.2) is 17.9 Å². The van der Waals surface area contributed by atoms with Gasteiger partial charge in [0.2, 0.25) is 0 Å². The zero-order valence-electron chi connectivity index (χ0n) is 10.7. The van der Waals surface area contributed by atoms with E-state index in [0.29, 0.717) is 0 Å². The van der Waals surface area contributed by atoms with Gasteiger partial charge < -0.3 is 5.11 Å². The zero-order valence-corrected chi connectivity index (χ0v) is 11.5. The molecule has 2 rings (SSSR count). The lowest BCUT2D eigenvalue weighted by Gasteiger charge is -2.07. The van der Waals surface area contributed by atoms with E-state index in [-0.39, 0.29) is 16.0 Å². The molecular weight excluding hydrogens is 294 g/mol. The number of hydrogen-bond donors (Lipinski definition) is 2. The van der Waals surface area contributed by atoms with Crippen molar-refractivity contribution in [3.05, 3.63) is 65.7 Å². The summed E-state index contributed by atoms with van der Waals surface area (Å²) in [5, 5.41) is 8.85. The quantitative estimate of drug-likeness (QED) is 0.891. The number of aromatic carboxylic acids is 1. The average molecular weight is 305 g/mol. The third kappa shape index (κ3) is 3.46. The second-order valence-corrected chi connectivity index (χ2v) is 5.82. The summed E-state index contributed by atoms with van der Waals surface area (Å²) >= 11 is 0. The summed E-state index contributed by atoms with van der Waals surface area (Å²) in [6.45, 7) is 0. The maximum atomic E-state index is 12.1. The number of carboxylic acids is 1. The minimum Gasteiger partial charge on any atom is -0.478 e. The van der Waals surface area contributed by atoms with Gasteiger partial charge in [-0.15, -0.1) is 0 Å². The van der Waals surface area contributed by atoms with Crippen molar-refractivity contribution in [2.75, 3.05) is 0 Å². The van der Waals surface area contributed by atoms with Gasteiger partial charge in [0.05, 0.1) is 10.5 Å². The monoisotopic (exact) mass is 305 g/mol. The summed E-state index contributed by atoms with van der Waals surface area (Å²) in [6, 6.07) is 12.6. The van der Waals surface area contributed by atoms with Crippen LogP contribution in [0.2, 0.25) is 0 Å². The third-order valence-corrected chi connectivity index (χ3v) is 3.98. The van der Waals surface area contributed by atoms with Crippen LogP contribution in [0.3, 0.4) is 0 Å². The molecule has 0 saturated carbocycles. The van der Waals surface area contributed by atoms with Crippen molar-refractivity contribution in [1.82, 2.24) is 4.72 Å². The van der Waals surface area contributed by atoms with Crippen molar-refractivity contribution in [2.45, 2.75) is 4.90 Å². The lowest BCUT2D eigenvalue weighted by Crippen LogP contribution is -2.30. The minimum atomic E-state index is -4.13. The molecule has 108 valence electrons. The molecule has 2 aromatic rings. The van der Waals surface area contributed by atoms with E-state index in [4.69, 9.17) is 5.11 Å². The highest BCUT2D eigenvalue weighted by molar-refractivity contribution is 7.90. The van der Waals surface area contributed by atoms with Gasteiger partial charge in [-0.05, 0) is 30.3 Å². The number of rotatable bonds is 4. The lowest BCUT2D eigenvalue weighted by atomic mass is 10.2. The molecule has 0 aliphatic rings. The number of carbonyl (C=O) groups is 2. The minimum absolute atomic E-state index is 0.176. The standard InChI is InChI=1S/C14H11NO5S/c16-13(10-5-2-1-3-6-10)15-21(19,20)12-8-4-7-11(9-12)14(17)18/h1-9H,(H,15,16)(H,17,18). The normalized spacial score (nSPS) is 10.9. The smallest absolute Gasteiger partial charge is 0.335 e. The van der Waals surface area contributed by atoms with Crippen LogP contribution in [0.15, 0.2) is 59.5 Å². The molecule has 0 spiro atoms. The Hall–Kier alpha value is -2.67. The van der Waals surface area contributed by atoms with E-state index in [9.17, 15) is 18.0 Å². The molecule has 2 aromatic carbocycles. The molecule has 0 radical (unpaired) electrons. The number of sulfonamides is 1. The third-order valence-electron chi connectivity index (χ3n) is 2.65. The van der Waals surface area contributed by atoms with Crippen molar-refractivity contribution in [2.24, 2.45) is 0 Å². The molecule has 2 N–H and O–H groups in total. The number of hydrogen-bond acceptors (Lipinski definition) is 4. The van der Waals surface area contributed by atoms with E-state index in [1.165, 1.54) is 30.3 Å². The van der Waals surface area contributed by atoms with Crippen molar-refractivity contribution in [1.29, 1.82) is 0 Å². The van der Waals surface area contributed by atoms with Crippen LogP contribution in [0.1, 0.15) is 20.7 Å². The molecule has 0 unspecified atom stereocenters. The highest BCUT2D eigenvalue weighted by Crippen LogP contribution is 2.12. The second-order valence-electron chi connectivity index (χ2n) is 4.13. The Bertz CT molecular complexity index is 784. The topological polar surface area (TPSA) is 101 Å². The summed E-state index contributed by atoms with van der Waals surface area (Å²) in [4.78, 5) is 22.4. The molecule has 0 aliphatic carbocycles. The molecule has 0 aromatic heterocycles. The van der Waals surface area contributed by atoms with Crippen molar-refractivity contribution in [3.8, 4) is 0 Å². The van der Waals surface area contributed by atoms with Crippen LogP contribution >= 0.6 is 0 Å². The number of benzene rings is 2. The fraction of sp³-hybridized carbons (Fsp3) is 0. The van der Waals surface area contributed by atoms with Crippen LogP contribution < -0.4 is 4.72 Å². The number of nitrogens with one attached hydrogen (secondary N) is 1. The van der Waals surface area contributed by atoms with E-state index < -0.39 is 21.9 Å². The maximum absolute atomic E-state index is 12.1. The Morgan fingerprint density at radius 1 is 0.905 bits per heavy atom. The number of carboxylic acid groups (broad SMARTS) is 1. The first-order valence-corrected chi connectivity index (χ1v) is 7.34. The first kappa shape index (κ1) is 14.7. The fourth-order valence-electron chi connectivity index (χ4n) is 1.63. The first-order chi connectivity index (χ1) is 9.90. The summed E-state index contributed by atoms with van der Waals surface area (Å²) in [5.74, 6) is -2.03. The van der Waals surface area contributed by atoms with Gasteiger partial charge in [-0.1, -0.05) is 24.3 Å². The summed E-state index contributed by atoms with van der Waals surface area (Å²) in [5.41, 5.74) is 0.0144. The largest absolute Gasteiger partial charge is 0.478 e. The van der Waals surface area contributed by atoms with E-state index >= 15 is 0 Å². The molecule has 0 atom stereocenters. The molecule has 0 bridgehead atoms. The lowest BCUT2D eigenvalue weighted by molar-refractivity contribution is 0.0696. The van der Waals surface area contributed by atoms with E-state index in [1.807, 2.05) is 4.72 Å². The van der Waals surface area contributed by atoms with Crippen LogP contribution in [-0.4, -0.2) is 25.4 Å². The Kier molecular flexibility index (Phi) is 4.04. The summed E-state index contributed by atoms with van der Waals surface area (Å²) < 4.78 is 26.0. The molecule has 0 saturated heterocycles. The molecule has 0 fully saturated rings. The van der Waals surface area contributed by atoms with Crippen LogP contribution in [0.4, 0.5) is 0 Å². The molecule has 0 aliphatic heterocycles. The Morgan fingerprint density at radius 3 is 2.14 bits per heavy atom. The van der Waals surface area contributed by atoms with Gasteiger partial charge in [-0.2, -0.15) is 0 Å². The van der Waals surface area contributed by atoms with Gasteiger partial charge in [-0.3, -0.25) is 4.79 Å². The van der Waals surface area contributed by atoms with E-state index in [2.05, 4.69) is 0 Å². The second kappa shape index (κ2) is 5.76. The van der Waals surface area contributed by atoms with Crippen LogP contribution in [0.25, 0.3) is 0 Å². The first-order valence-electron chi connectivity index (χ1n) is 5.86. The van der Waals surface area contributed by atoms with Crippen molar-refractivity contribution >= 4 is 21.9 Å². The Balaban J connectivity index is 2.29. The fourth-order valence-corrected chi connectivity index (χ4v) is 2.65. The van der Waals surface area contributed by atoms with Crippen molar-refractivity contribution in [3.63, 3.8) is 0 Å². The van der Waals surface area contributed by atoms with Crippen LogP contribution in [0.5, 0.6) is 0 Å². The van der Waals surface area contributed by atoms with Crippen LogP contribution in [0, 0.1) is 0 Å². The van der Waals surface area contributed by atoms with E-state index in [0.717, 1.165) is 6.07 Å². The number of carbonyl (C=O) groups excluding carboxylic acids is 1. The highest BCUT2D eigenvalue weighted by Gasteiger charge is 2.19. The molecule has 6 nitrogen and oxygen atoms in total. The summed E-state index contributed by atoms with van der Waals surface area (Å²) in [7, 11) is -4.13. The van der Waals surface area contributed by atoms with Gasteiger partial charge in [0.25, 0.3) is 15.9 Å². The number of amides is 1. The molecular formula is C14H11NO5S. The Labute approximate surface area is 121 Å². The molecule has 1 amide bonds. The molecule has 0 heterocycles. The maximum Gasteiger partial charge on any atom is 0.335 e. The molecule has 7 heteroatoms. The highest BCUT2D eigenvalue weighted by atomic mass is 32.2. The van der Waals surface area contributed by atoms with Gasteiger partial charge >= 0.3 is 5.97 Å². The van der Waals surface area contributed by atoms with Gasteiger partial charge in [0, 0.05) is 5.56 Å². The summed E-state index contributed by atoms with van der Waals surface area (Å²) in [6.07, 6.45) is 0. The van der Waals surface area contributed by atoms with E-state index in [1.54, 1.807) is 18.2 Å². The van der Waals surface area contributed by atoms with Gasteiger partial charge in [0.1, 0.15) is 0 Å². The predicted octanol–water partition coefficient (Wildman–Crippen LogP) is 1.50. The predicted molar refractivity (Wildman–Crippen MR) is 74.5 cm³/mol. The SMILES string of the molecule is O=C(O)c1cccc(S(=O)(=O)NC(=O)c2ccccc2)c1. The molecule has 21 heavy (non-hydrogen) atoms. The van der Waals surface area contributed by atoms with Gasteiger partial charge in [0.15, 0.2) is 0 Å². The van der Waals surface area contributed by atoms with Crippen LogP contribution in [-0.2, 0) is 10.0 Å². The average Bonchev–Trinajstić information content (AvgIpc) is 2.48. The Morgan fingerprint density at radius 2 is 1.52 bits per heavy atom.